The second-order valence-electron chi connectivity index (χ2n) is 5.66. The number of thioether (sulfide) groups is 1. The van der Waals surface area contributed by atoms with Gasteiger partial charge in [-0.2, -0.15) is 5.10 Å². The van der Waals surface area contributed by atoms with Gasteiger partial charge in [0.1, 0.15) is 0 Å². The molecule has 0 unspecified atom stereocenters. The molecule has 0 aliphatic carbocycles. The number of amidine groups is 1. The summed E-state index contributed by atoms with van der Waals surface area (Å²) in [5.41, 5.74) is 0.383. The van der Waals surface area contributed by atoms with E-state index in [1.54, 1.807) is 17.0 Å². The zero-order valence-electron chi connectivity index (χ0n) is 12.5. The van der Waals surface area contributed by atoms with Gasteiger partial charge in [0.15, 0.2) is 5.17 Å². The van der Waals surface area contributed by atoms with Crippen molar-refractivity contribution >= 4 is 34.7 Å². The van der Waals surface area contributed by atoms with Gasteiger partial charge in [-0.1, -0.05) is 11.8 Å². The minimum absolute atomic E-state index is 0.0155. The highest BCUT2D eigenvalue weighted by atomic mass is 32.2. The molecule has 22 heavy (non-hydrogen) atoms. The van der Waals surface area contributed by atoms with Crippen LogP contribution in [0.15, 0.2) is 34.5 Å². The van der Waals surface area contributed by atoms with E-state index >= 15 is 0 Å². The predicted octanol–water partition coefficient (Wildman–Crippen LogP) is 2.66. The van der Waals surface area contributed by atoms with Gasteiger partial charge in [-0.15, -0.1) is 5.10 Å². The Balaban J connectivity index is 2.13. The second kappa shape index (κ2) is 6.27. The first kappa shape index (κ1) is 16.2. The number of nitro benzene ring substituents is 1. The van der Waals surface area contributed by atoms with Crippen LogP contribution in [0.2, 0.25) is 0 Å². The maximum atomic E-state index is 11.9. The van der Waals surface area contributed by atoms with Gasteiger partial charge in [-0.05, 0) is 38.5 Å². The van der Waals surface area contributed by atoms with Crippen molar-refractivity contribution in [1.29, 1.82) is 0 Å². The van der Waals surface area contributed by atoms with E-state index in [9.17, 15) is 14.9 Å². The first-order chi connectivity index (χ1) is 10.3. The van der Waals surface area contributed by atoms with Crippen molar-refractivity contribution in [2.75, 3.05) is 5.75 Å². The molecular formula is C14H16N4O3S. The van der Waals surface area contributed by atoms with E-state index in [0.29, 0.717) is 16.5 Å². The van der Waals surface area contributed by atoms with Gasteiger partial charge >= 0.3 is 0 Å². The Bertz CT molecular complexity index is 647. The summed E-state index contributed by atoms with van der Waals surface area (Å²) in [5.74, 6) is 0.380. The second-order valence-corrected chi connectivity index (χ2v) is 6.61. The summed E-state index contributed by atoms with van der Waals surface area (Å²) in [6.45, 7) is 5.81. The molecule has 0 N–H and O–H groups in total. The molecule has 0 radical (unpaired) electrons. The molecule has 116 valence electrons. The Kier molecular flexibility index (Phi) is 4.60. The monoisotopic (exact) mass is 320 g/mol. The van der Waals surface area contributed by atoms with Crippen LogP contribution in [0, 0.1) is 10.1 Å². The number of benzene rings is 1. The van der Waals surface area contributed by atoms with Gasteiger partial charge in [0.05, 0.1) is 16.9 Å². The van der Waals surface area contributed by atoms with E-state index in [4.69, 9.17) is 0 Å². The number of carbonyl (C=O) groups is 1. The highest BCUT2D eigenvalue weighted by Crippen LogP contribution is 2.27. The normalized spacial score (nSPS) is 17.7. The summed E-state index contributed by atoms with van der Waals surface area (Å²) in [5, 5.41) is 19.2. The van der Waals surface area contributed by atoms with E-state index in [-0.39, 0.29) is 17.1 Å². The lowest BCUT2D eigenvalue weighted by Gasteiger charge is -2.30. The molecule has 0 aromatic heterocycles. The van der Waals surface area contributed by atoms with Gasteiger partial charge in [-0.3, -0.25) is 19.8 Å². The number of rotatable bonds is 3. The molecule has 0 atom stereocenters. The average Bonchev–Trinajstić information content (AvgIpc) is 2.80. The molecule has 1 saturated heterocycles. The van der Waals surface area contributed by atoms with E-state index in [1.807, 2.05) is 20.8 Å². The molecule has 1 heterocycles. The van der Waals surface area contributed by atoms with Gasteiger partial charge in [0.2, 0.25) is 5.91 Å². The van der Waals surface area contributed by atoms with E-state index in [2.05, 4.69) is 10.2 Å². The molecule has 8 heteroatoms. The number of nitrogens with zero attached hydrogens (tertiary/aromatic N) is 4. The smallest absolute Gasteiger partial charge is 0.269 e. The Morgan fingerprint density at radius 1 is 1.32 bits per heavy atom. The van der Waals surface area contributed by atoms with Crippen molar-refractivity contribution in [2.24, 2.45) is 10.2 Å². The topological polar surface area (TPSA) is 88.2 Å². The molecule has 0 saturated carbocycles. The quantitative estimate of drug-likeness (QED) is 0.486. The fraction of sp³-hybridized carbons (Fsp3) is 0.357. The van der Waals surface area contributed by atoms with Crippen molar-refractivity contribution in [1.82, 2.24) is 4.90 Å². The van der Waals surface area contributed by atoms with Crippen LogP contribution in [0.5, 0.6) is 0 Å². The summed E-state index contributed by atoms with van der Waals surface area (Å²) < 4.78 is 0. The highest BCUT2D eigenvalue weighted by Gasteiger charge is 2.36. The zero-order valence-corrected chi connectivity index (χ0v) is 13.3. The first-order valence-corrected chi connectivity index (χ1v) is 7.59. The molecule has 1 aromatic rings. The van der Waals surface area contributed by atoms with Crippen molar-refractivity contribution in [3.05, 3.63) is 39.9 Å². The van der Waals surface area contributed by atoms with Crippen LogP contribution in [0.3, 0.4) is 0 Å². The molecule has 1 aliphatic heterocycles. The van der Waals surface area contributed by atoms with Crippen LogP contribution in [0.25, 0.3) is 0 Å². The van der Waals surface area contributed by atoms with Gasteiger partial charge in [0.25, 0.3) is 5.69 Å². The molecule has 0 spiro atoms. The third-order valence-electron chi connectivity index (χ3n) is 2.89. The molecular weight excluding hydrogens is 304 g/mol. The summed E-state index contributed by atoms with van der Waals surface area (Å²) in [6, 6.07) is 6.00. The third kappa shape index (κ3) is 3.70. The lowest BCUT2D eigenvalue weighted by Crippen LogP contribution is -2.44. The average molecular weight is 320 g/mol. The standard InChI is InChI=1S/C14H16N4O3S/c1-14(2,3)17-12(19)9-22-13(17)16-15-8-10-4-6-11(7-5-10)18(20)21/h4-8H,9H2,1-3H3/b15-8+,16-13-. The van der Waals surface area contributed by atoms with Gasteiger partial charge < -0.3 is 0 Å². The van der Waals surface area contributed by atoms with E-state index in [1.165, 1.54) is 30.1 Å². The van der Waals surface area contributed by atoms with Crippen molar-refractivity contribution in [2.45, 2.75) is 26.3 Å². The maximum Gasteiger partial charge on any atom is 0.269 e. The molecule has 1 amide bonds. The fourth-order valence-electron chi connectivity index (χ4n) is 1.92. The van der Waals surface area contributed by atoms with Crippen LogP contribution in [0.1, 0.15) is 26.3 Å². The maximum absolute atomic E-state index is 11.9. The number of nitro groups is 1. The number of amides is 1. The SMILES string of the molecule is CC(C)(C)N1C(=O)CS/C1=N\N=C\c1ccc([N+](=O)[O-])cc1. The summed E-state index contributed by atoms with van der Waals surface area (Å²) in [4.78, 5) is 23.6. The van der Waals surface area contributed by atoms with Gasteiger partial charge in [-0.25, -0.2) is 0 Å². The third-order valence-corrected chi connectivity index (χ3v) is 3.80. The lowest BCUT2D eigenvalue weighted by atomic mass is 10.1. The Labute approximate surface area is 132 Å². The molecule has 2 rings (SSSR count). The van der Waals surface area contributed by atoms with Crippen molar-refractivity contribution < 1.29 is 9.72 Å². The summed E-state index contributed by atoms with van der Waals surface area (Å²) in [6.07, 6.45) is 1.50. The summed E-state index contributed by atoms with van der Waals surface area (Å²) in [7, 11) is 0. The van der Waals surface area contributed by atoms with Crippen molar-refractivity contribution in [3.8, 4) is 0 Å². The largest absolute Gasteiger partial charge is 0.284 e. The number of non-ortho nitro benzene ring substituents is 1. The first-order valence-electron chi connectivity index (χ1n) is 6.60. The Morgan fingerprint density at radius 2 is 1.95 bits per heavy atom. The highest BCUT2D eigenvalue weighted by molar-refractivity contribution is 8.15. The van der Waals surface area contributed by atoms with Crippen LogP contribution < -0.4 is 0 Å². The van der Waals surface area contributed by atoms with Crippen LogP contribution in [-0.2, 0) is 4.79 Å². The number of carbonyl (C=O) groups excluding carboxylic acids is 1. The van der Waals surface area contributed by atoms with Crippen molar-refractivity contribution in [3.63, 3.8) is 0 Å². The molecule has 7 nitrogen and oxygen atoms in total. The molecule has 1 fully saturated rings. The number of hydrogen-bond donors (Lipinski definition) is 0. The molecule has 1 aromatic carbocycles. The Morgan fingerprint density at radius 3 is 2.50 bits per heavy atom. The lowest BCUT2D eigenvalue weighted by molar-refractivity contribution is -0.384. The van der Waals surface area contributed by atoms with E-state index < -0.39 is 4.92 Å². The van der Waals surface area contributed by atoms with Crippen LogP contribution in [-0.4, -0.2) is 38.4 Å². The number of hydrogen-bond acceptors (Lipinski definition) is 6. The Hall–Kier alpha value is -2.22. The molecule has 0 bridgehead atoms. The van der Waals surface area contributed by atoms with Crippen LogP contribution in [0.4, 0.5) is 5.69 Å². The minimum atomic E-state index is -0.455. The minimum Gasteiger partial charge on any atom is -0.284 e. The zero-order chi connectivity index (χ0) is 16.3. The predicted molar refractivity (Wildman–Crippen MR) is 87.2 cm³/mol. The van der Waals surface area contributed by atoms with E-state index in [0.717, 1.165) is 0 Å². The van der Waals surface area contributed by atoms with Crippen LogP contribution >= 0.6 is 11.8 Å². The van der Waals surface area contributed by atoms with Gasteiger partial charge in [0, 0.05) is 17.7 Å². The molecule has 1 aliphatic rings. The summed E-state index contributed by atoms with van der Waals surface area (Å²) >= 11 is 1.35. The fourth-order valence-corrected chi connectivity index (χ4v) is 2.92.